The number of carbonyl (C=O) groups excluding carboxylic acids is 1. The Hall–Kier alpha value is -2.41. The number of ether oxygens (including phenoxy) is 1. The number of rotatable bonds is 3. The van der Waals surface area contributed by atoms with Gasteiger partial charge >= 0.3 is 0 Å². The molecule has 0 atom stereocenters. The highest BCUT2D eigenvalue weighted by molar-refractivity contribution is 7.14. The Balaban J connectivity index is 1.82. The Morgan fingerprint density at radius 2 is 2.37 bits per heavy atom. The molecule has 7 heteroatoms. The molecule has 3 rings (SSSR count). The number of benzene rings is 1. The predicted molar refractivity (Wildman–Crippen MR) is 71.8 cm³/mol. The van der Waals surface area contributed by atoms with Crippen LogP contribution in [0.4, 0.5) is 5.69 Å². The fraction of sp³-hybridized carbons (Fsp3) is 0.0833. The van der Waals surface area contributed by atoms with E-state index in [1.807, 2.05) is 12.1 Å². The lowest BCUT2D eigenvalue weighted by Crippen LogP contribution is -2.12. The van der Waals surface area contributed by atoms with Gasteiger partial charge in [-0.1, -0.05) is 17.4 Å². The van der Waals surface area contributed by atoms with E-state index in [4.69, 9.17) is 4.74 Å². The molecule has 2 heterocycles. The Kier molecular flexibility index (Phi) is 2.88. The van der Waals surface area contributed by atoms with Gasteiger partial charge in [0.2, 0.25) is 4.96 Å². The van der Waals surface area contributed by atoms with Crippen molar-refractivity contribution in [3.05, 3.63) is 41.7 Å². The van der Waals surface area contributed by atoms with E-state index in [1.165, 1.54) is 11.3 Å². The molecule has 2 aromatic heterocycles. The van der Waals surface area contributed by atoms with Crippen LogP contribution in [0.5, 0.6) is 5.75 Å². The summed E-state index contributed by atoms with van der Waals surface area (Å²) in [6, 6.07) is 7.15. The second-order valence-corrected chi connectivity index (χ2v) is 4.59. The quantitative estimate of drug-likeness (QED) is 0.793. The van der Waals surface area contributed by atoms with Gasteiger partial charge in [-0.3, -0.25) is 4.79 Å². The second kappa shape index (κ2) is 4.69. The van der Waals surface area contributed by atoms with E-state index in [1.54, 1.807) is 35.5 Å². The number of amides is 1. The van der Waals surface area contributed by atoms with Gasteiger partial charge in [0.15, 0.2) is 0 Å². The van der Waals surface area contributed by atoms with Crippen LogP contribution in [-0.4, -0.2) is 27.6 Å². The molecule has 96 valence electrons. The van der Waals surface area contributed by atoms with E-state index in [0.29, 0.717) is 22.1 Å². The number of nitrogens with one attached hydrogen (secondary N) is 1. The molecule has 0 saturated heterocycles. The largest absolute Gasteiger partial charge is 0.497 e. The molecule has 0 unspecified atom stereocenters. The lowest BCUT2D eigenvalue weighted by atomic mass is 10.3. The number of hydrogen-bond acceptors (Lipinski definition) is 5. The van der Waals surface area contributed by atoms with Crippen LogP contribution < -0.4 is 10.1 Å². The van der Waals surface area contributed by atoms with Crippen LogP contribution in [0.25, 0.3) is 4.96 Å². The summed E-state index contributed by atoms with van der Waals surface area (Å²) < 4.78 is 6.67. The van der Waals surface area contributed by atoms with E-state index in [2.05, 4.69) is 15.4 Å². The van der Waals surface area contributed by atoms with Crippen LogP contribution in [0.1, 0.15) is 10.5 Å². The minimum absolute atomic E-state index is 0.272. The molecule has 0 bridgehead atoms. The summed E-state index contributed by atoms with van der Waals surface area (Å²) in [4.78, 5) is 16.9. The normalized spacial score (nSPS) is 10.6. The number of methoxy groups -OCH3 is 1. The Morgan fingerprint density at radius 3 is 3.16 bits per heavy atom. The first-order chi connectivity index (χ1) is 9.26. The maximum atomic E-state index is 12.0. The third-order valence-electron chi connectivity index (χ3n) is 2.55. The Morgan fingerprint density at radius 1 is 1.47 bits per heavy atom. The number of carbonyl (C=O) groups is 1. The molecular weight excluding hydrogens is 264 g/mol. The van der Waals surface area contributed by atoms with E-state index in [9.17, 15) is 4.79 Å². The van der Waals surface area contributed by atoms with E-state index >= 15 is 0 Å². The van der Waals surface area contributed by atoms with Gasteiger partial charge in [-0.05, 0) is 12.1 Å². The zero-order valence-corrected chi connectivity index (χ0v) is 10.8. The molecular formula is C12H10N4O2S. The fourth-order valence-corrected chi connectivity index (χ4v) is 2.25. The summed E-state index contributed by atoms with van der Waals surface area (Å²) in [5.74, 6) is 0.413. The number of imidazole rings is 1. The number of fused-ring (bicyclic) bond motifs is 1. The molecule has 1 amide bonds. The first-order valence-electron chi connectivity index (χ1n) is 5.50. The van der Waals surface area contributed by atoms with Gasteiger partial charge in [0.1, 0.15) is 17.0 Å². The molecule has 0 aliphatic heterocycles. The number of nitrogens with zero attached hydrogens (tertiary/aromatic N) is 3. The average Bonchev–Trinajstić information content (AvgIpc) is 2.99. The Labute approximate surface area is 112 Å². The SMILES string of the molecule is COc1cccc(NC(=O)c2cn3ncsc3n2)c1. The lowest BCUT2D eigenvalue weighted by Gasteiger charge is -2.05. The molecule has 0 fully saturated rings. The summed E-state index contributed by atoms with van der Waals surface area (Å²) in [7, 11) is 1.58. The molecule has 0 aliphatic rings. The minimum atomic E-state index is -0.272. The smallest absolute Gasteiger partial charge is 0.275 e. The number of aromatic nitrogens is 3. The Bertz CT molecular complexity index is 705. The predicted octanol–water partition coefficient (Wildman–Crippen LogP) is 2.05. The molecule has 0 saturated carbocycles. The van der Waals surface area contributed by atoms with Crippen molar-refractivity contribution < 1.29 is 9.53 Å². The van der Waals surface area contributed by atoms with Crippen molar-refractivity contribution in [1.29, 1.82) is 0 Å². The molecule has 1 aromatic carbocycles. The molecule has 1 N–H and O–H groups in total. The maximum absolute atomic E-state index is 12.0. The van der Waals surface area contributed by atoms with Crippen molar-refractivity contribution >= 4 is 27.9 Å². The highest BCUT2D eigenvalue weighted by Crippen LogP contribution is 2.17. The monoisotopic (exact) mass is 274 g/mol. The zero-order chi connectivity index (χ0) is 13.2. The maximum Gasteiger partial charge on any atom is 0.275 e. The van der Waals surface area contributed by atoms with Crippen LogP contribution in [0.2, 0.25) is 0 Å². The number of anilines is 1. The summed E-state index contributed by atoms with van der Waals surface area (Å²) in [5, 5.41) is 6.79. The molecule has 6 nitrogen and oxygen atoms in total. The lowest BCUT2D eigenvalue weighted by molar-refractivity contribution is 0.102. The third-order valence-corrected chi connectivity index (χ3v) is 3.24. The topological polar surface area (TPSA) is 68.5 Å². The standard InChI is InChI=1S/C12H10N4O2S/c1-18-9-4-2-3-8(5-9)14-11(17)10-6-16-12(15-10)19-7-13-16/h2-7H,1H3,(H,14,17). The van der Waals surface area contributed by atoms with Crippen LogP contribution >= 0.6 is 11.3 Å². The van der Waals surface area contributed by atoms with Crippen LogP contribution in [-0.2, 0) is 0 Å². The summed E-state index contributed by atoms with van der Waals surface area (Å²) in [6.45, 7) is 0. The molecule has 19 heavy (non-hydrogen) atoms. The zero-order valence-electron chi connectivity index (χ0n) is 10.0. The fourth-order valence-electron chi connectivity index (χ4n) is 1.64. The van der Waals surface area contributed by atoms with E-state index in [0.717, 1.165) is 0 Å². The molecule has 3 aromatic rings. The summed E-state index contributed by atoms with van der Waals surface area (Å²) in [5.41, 5.74) is 2.67. The van der Waals surface area contributed by atoms with Crippen molar-refractivity contribution in [3.8, 4) is 5.75 Å². The van der Waals surface area contributed by atoms with Gasteiger partial charge in [-0.15, -0.1) is 0 Å². The van der Waals surface area contributed by atoms with Gasteiger partial charge in [-0.25, -0.2) is 9.50 Å². The van der Waals surface area contributed by atoms with Gasteiger partial charge in [-0.2, -0.15) is 5.10 Å². The van der Waals surface area contributed by atoms with Crippen molar-refractivity contribution in [1.82, 2.24) is 14.6 Å². The van der Waals surface area contributed by atoms with Crippen molar-refractivity contribution in [3.63, 3.8) is 0 Å². The molecule has 0 spiro atoms. The van der Waals surface area contributed by atoms with E-state index < -0.39 is 0 Å². The summed E-state index contributed by atoms with van der Waals surface area (Å²) in [6.07, 6.45) is 1.60. The first-order valence-corrected chi connectivity index (χ1v) is 6.38. The van der Waals surface area contributed by atoms with E-state index in [-0.39, 0.29) is 5.91 Å². The highest BCUT2D eigenvalue weighted by atomic mass is 32.1. The van der Waals surface area contributed by atoms with Crippen molar-refractivity contribution in [2.75, 3.05) is 12.4 Å². The van der Waals surface area contributed by atoms with Crippen LogP contribution in [0, 0.1) is 0 Å². The number of hydrogen-bond donors (Lipinski definition) is 1. The van der Waals surface area contributed by atoms with Crippen LogP contribution in [0.3, 0.4) is 0 Å². The average molecular weight is 274 g/mol. The minimum Gasteiger partial charge on any atom is -0.497 e. The van der Waals surface area contributed by atoms with Crippen LogP contribution in [0.15, 0.2) is 36.0 Å². The first kappa shape index (κ1) is 11.7. The second-order valence-electron chi connectivity index (χ2n) is 3.78. The highest BCUT2D eigenvalue weighted by Gasteiger charge is 2.12. The van der Waals surface area contributed by atoms with Gasteiger partial charge in [0, 0.05) is 11.8 Å². The molecule has 0 radical (unpaired) electrons. The van der Waals surface area contributed by atoms with Crippen molar-refractivity contribution in [2.24, 2.45) is 0 Å². The van der Waals surface area contributed by atoms with Gasteiger partial charge in [0.25, 0.3) is 5.91 Å². The third kappa shape index (κ3) is 2.27. The van der Waals surface area contributed by atoms with Crippen molar-refractivity contribution in [2.45, 2.75) is 0 Å². The van der Waals surface area contributed by atoms with Gasteiger partial charge in [0.05, 0.1) is 13.3 Å². The van der Waals surface area contributed by atoms with Gasteiger partial charge < -0.3 is 10.1 Å². The summed E-state index contributed by atoms with van der Waals surface area (Å²) >= 11 is 1.38. The molecule has 0 aliphatic carbocycles.